The Hall–Kier alpha value is -3.36. The van der Waals surface area contributed by atoms with Crippen LogP contribution in [0.4, 0.5) is 0 Å². The second kappa shape index (κ2) is 16.4. The minimum absolute atomic E-state index is 0.0895. The van der Waals surface area contributed by atoms with Crippen LogP contribution in [-0.4, -0.2) is 44.0 Å². The van der Waals surface area contributed by atoms with E-state index < -0.39 is 5.97 Å². The quantitative estimate of drug-likeness (QED) is 0.0871. The summed E-state index contributed by atoms with van der Waals surface area (Å²) in [5.41, 5.74) is 1.74. The lowest BCUT2D eigenvalue weighted by Gasteiger charge is -2.11. The Morgan fingerprint density at radius 2 is 1.62 bits per heavy atom. The van der Waals surface area contributed by atoms with Crippen LogP contribution in [0, 0.1) is 0 Å². The Balaban J connectivity index is 1.82. The third-order valence-corrected chi connectivity index (χ3v) is 6.28. The van der Waals surface area contributed by atoms with Gasteiger partial charge in [-0.2, -0.15) is 0 Å². The second-order valence-electron chi connectivity index (χ2n) is 8.10. The predicted octanol–water partition coefficient (Wildman–Crippen LogP) is 5.96. The van der Waals surface area contributed by atoms with E-state index in [-0.39, 0.29) is 23.3 Å². The number of unbranched alkanes of at least 4 members (excludes halogenated alkanes) is 3. The molecule has 0 saturated heterocycles. The molecule has 0 radical (unpaired) electrons. The lowest BCUT2D eigenvalue weighted by atomic mass is 10.1. The molecule has 0 aliphatic rings. The Labute approximate surface area is 222 Å². The molecule has 7 nitrogen and oxygen atoms in total. The molecule has 0 unspecified atom stereocenters. The first kappa shape index (κ1) is 29.9. The van der Waals surface area contributed by atoms with E-state index in [0.29, 0.717) is 24.5 Å². The van der Waals surface area contributed by atoms with Gasteiger partial charge in [0.15, 0.2) is 0 Å². The Kier molecular flexibility index (Phi) is 13.2. The number of ether oxygens (including phenoxy) is 4. The number of carbonyl (C=O) groups excluding carboxylic acids is 3. The molecule has 0 N–H and O–H groups in total. The molecule has 0 saturated carbocycles. The fourth-order valence-electron chi connectivity index (χ4n) is 3.23. The van der Waals surface area contributed by atoms with Crippen LogP contribution in [0.15, 0.2) is 72.2 Å². The van der Waals surface area contributed by atoms with Gasteiger partial charge in [-0.15, -0.1) is 0 Å². The smallest absolute Gasteiger partial charge is 0.341 e. The number of carbonyl (C=O) groups is 3. The van der Waals surface area contributed by atoms with Gasteiger partial charge in [0.25, 0.3) is 0 Å². The molecule has 0 amide bonds. The van der Waals surface area contributed by atoms with Gasteiger partial charge in [0.1, 0.15) is 11.5 Å². The maximum atomic E-state index is 12.8. The van der Waals surface area contributed by atoms with Crippen LogP contribution in [-0.2, 0) is 25.5 Å². The number of hydrogen-bond acceptors (Lipinski definition) is 8. The number of rotatable bonds is 16. The largest absolute Gasteiger partial charge is 0.494 e. The number of thioether (sulfide) groups is 1. The predicted molar refractivity (Wildman–Crippen MR) is 144 cm³/mol. The summed E-state index contributed by atoms with van der Waals surface area (Å²) in [5.74, 6) is 0.141. The summed E-state index contributed by atoms with van der Waals surface area (Å²) in [6, 6.07) is 12.2. The zero-order valence-corrected chi connectivity index (χ0v) is 22.3. The summed E-state index contributed by atoms with van der Waals surface area (Å²) >= 11 is 1.16. The van der Waals surface area contributed by atoms with E-state index >= 15 is 0 Å². The van der Waals surface area contributed by atoms with Crippen LogP contribution in [0.1, 0.15) is 48.5 Å². The van der Waals surface area contributed by atoms with Crippen molar-refractivity contribution in [1.29, 1.82) is 0 Å². The third kappa shape index (κ3) is 10.7. The van der Waals surface area contributed by atoms with E-state index in [1.165, 1.54) is 13.2 Å². The first-order valence-corrected chi connectivity index (χ1v) is 13.0. The highest BCUT2D eigenvalue weighted by molar-refractivity contribution is 8.14. The van der Waals surface area contributed by atoms with Crippen molar-refractivity contribution in [3.05, 3.63) is 78.4 Å². The monoisotopic (exact) mass is 526 g/mol. The summed E-state index contributed by atoms with van der Waals surface area (Å²) < 4.78 is 21.0. The van der Waals surface area contributed by atoms with E-state index in [9.17, 15) is 14.4 Å². The Morgan fingerprint density at radius 1 is 0.946 bits per heavy atom. The summed E-state index contributed by atoms with van der Waals surface area (Å²) in [6.45, 7) is 10.1. The molecule has 2 aromatic rings. The molecular formula is C29H34O7S. The first-order valence-electron chi connectivity index (χ1n) is 12.1. The van der Waals surface area contributed by atoms with Crippen LogP contribution in [0.5, 0.6) is 11.5 Å². The van der Waals surface area contributed by atoms with Gasteiger partial charge < -0.3 is 18.9 Å². The van der Waals surface area contributed by atoms with E-state index in [0.717, 1.165) is 60.1 Å². The van der Waals surface area contributed by atoms with Crippen molar-refractivity contribution in [2.75, 3.05) is 26.9 Å². The standard InChI is InChI=1S/C29H34O7S/c1-5-22-19-25(34-17-9-7-8-10-18-35-27(30)6-2)15-16-26(22)37-29(32)23-11-13-24(14-12-23)36-28(31)21(3)20-33-4/h6,11-16,19H,2-3,5,7-10,17-18,20H2,1,4H3. The zero-order chi connectivity index (χ0) is 27.0. The third-order valence-electron chi connectivity index (χ3n) is 5.24. The summed E-state index contributed by atoms with van der Waals surface area (Å²) in [5, 5.41) is -0.108. The van der Waals surface area contributed by atoms with Gasteiger partial charge in [0.05, 0.1) is 25.4 Å². The highest BCUT2D eigenvalue weighted by atomic mass is 32.2. The fourth-order valence-corrected chi connectivity index (χ4v) is 4.16. The fraction of sp³-hybridized carbons (Fsp3) is 0.345. The summed E-state index contributed by atoms with van der Waals surface area (Å²) in [6.07, 6.45) is 5.58. The van der Waals surface area contributed by atoms with E-state index in [4.69, 9.17) is 18.9 Å². The maximum Gasteiger partial charge on any atom is 0.341 e. The molecule has 8 heteroatoms. The van der Waals surface area contributed by atoms with Crippen molar-refractivity contribution in [3.63, 3.8) is 0 Å². The van der Waals surface area contributed by atoms with Gasteiger partial charge in [0.2, 0.25) is 5.12 Å². The van der Waals surface area contributed by atoms with Crippen molar-refractivity contribution < 1.29 is 33.3 Å². The number of benzene rings is 2. The number of hydrogen-bond donors (Lipinski definition) is 0. The van der Waals surface area contributed by atoms with E-state index in [1.54, 1.807) is 24.3 Å². The average Bonchev–Trinajstić information content (AvgIpc) is 2.91. The number of esters is 2. The molecule has 37 heavy (non-hydrogen) atoms. The van der Waals surface area contributed by atoms with Crippen molar-refractivity contribution in [1.82, 2.24) is 0 Å². The molecule has 0 atom stereocenters. The zero-order valence-electron chi connectivity index (χ0n) is 21.5. The van der Waals surface area contributed by atoms with E-state index in [1.807, 2.05) is 25.1 Å². The van der Waals surface area contributed by atoms with Crippen molar-refractivity contribution in [2.24, 2.45) is 0 Å². The minimum Gasteiger partial charge on any atom is -0.494 e. The minimum atomic E-state index is -0.572. The van der Waals surface area contributed by atoms with Crippen LogP contribution in [0.3, 0.4) is 0 Å². The Morgan fingerprint density at radius 3 is 2.27 bits per heavy atom. The SMILES string of the molecule is C=CC(=O)OCCCCCCOc1ccc(SC(=O)c2ccc(OC(=O)C(=C)COC)cc2)c(CC)c1. The normalized spacial score (nSPS) is 10.4. The molecule has 0 spiro atoms. The average molecular weight is 527 g/mol. The molecule has 2 aromatic carbocycles. The highest BCUT2D eigenvalue weighted by Gasteiger charge is 2.14. The molecule has 0 aliphatic heterocycles. The highest BCUT2D eigenvalue weighted by Crippen LogP contribution is 2.30. The van der Waals surface area contributed by atoms with Crippen LogP contribution in [0.2, 0.25) is 0 Å². The molecular weight excluding hydrogens is 492 g/mol. The van der Waals surface area contributed by atoms with Gasteiger partial charge in [-0.25, -0.2) is 9.59 Å². The lowest BCUT2D eigenvalue weighted by Crippen LogP contribution is -2.13. The lowest BCUT2D eigenvalue weighted by molar-refractivity contribution is -0.137. The van der Waals surface area contributed by atoms with Gasteiger partial charge in [-0.3, -0.25) is 4.79 Å². The van der Waals surface area contributed by atoms with Crippen molar-refractivity contribution in [3.8, 4) is 11.5 Å². The molecule has 198 valence electrons. The number of methoxy groups -OCH3 is 1. The van der Waals surface area contributed by atoms with Crippen LogP contribution < -0.4 is 9.47 Å². The van der Waals surface area contributed by atoms with Gasteiger partial charge in [-0.1, -0.05) is 20.1 Å². The second-order valence-corrected chi connectivity index (χ2v) is 9.11. The van der Waals surface area contributed by atoms with Crippen LogP contribution >= 0.6 is 11.8 Å². The van der Waals surface area contributed by atoms with E-state index in [2.05, 4.69) is 13.2 Å². The molecule has 0 bridgehead atoms. The molecule has 0 heterocycles. The summed E-state index contributed by atoms with van der Waals surface area (Å²) in [4.78, 5) is 36.6. The molecule has 0 aliphatic carbocycles. The van der Waals surface area contributed by atoms with Crippen molar-refractivity contribution >= 4 is 28.8 Å². The molecule has 0 fully saturated rings. The topological polar surface area (TPSA) is 88.1 Å². The maximum absolute atomic E-state index is 12.8. The first-order chi connectivity index (χ1) is 17.9. The van der Waals surface area contributed by atoms with Crippen molar-refractivity contribution in [2.45, 2.75) is 43.9 Å². The van der Waals surface area contributed by atoms with Gasteiger partial charge in [-0.05, 0) is 91.9 Å². The molecule has 2 rings (SSSR count). The number of aryl methyl sites for hydroxylation is 1. The molecule has 0 aromatic heterocycles. The van der Waals surface area contributed by atoms with Gasteiger partial charge >= 0.3 is 11.9 Å². The van der Waals surface area contributed by atoms with Crippen LogP contribution in [0.25, 0.3) is 0 Å². The Bertz CT molecular complexity index is 1080. The van der Waals surface area contributed by atoms with Gasteiger partial charge in [0, 0.05) is 23.6 Å². The summed E-state index contributed by atoms with van der Waals surface area (Å²) in [7, 11) is 1.47.